The van der Waals surface area contributed by atoms with E-state index in [-0.39, 0.29) is 0 Å². The maximum Gasteiger partial charge on any atom is 0.0678 e. The van der Waals surface area contributed by atoms with E-state index in [4.69, 9.17) is 4.74 Å². The fourth-order valence-electron chi connectivity index (χ4n) is 3.83. The number of rotatable bonds is 2. The van der Waals surface area contributed by atoms with Crippen LogP contribution in [0.5, 0.6) is 0 Å². The summed E-state index contributed by atoms with van der Waals surface area (Å²) < 4.78 is 5.83. The summed E-state index contributed by atoms with van der Waals surface area (Å²) in [5.41, 5.74) is 0.421. The third-order valence-corrected chi connectivity index (χ3v) is 4.54. The van der Waals surface area contributed by atoms with Crippen molar-refractivity contribution in [3.05, 3.63) is 0 Å². The monoisotopic (exact) mass is 240 g/mol. The first-order valence-corrected chi connectivity index (χ1v) is 7.01. The van der Waals surface area contributed by atoms with Gasteiger partial charge in [0.2, 0.25) is 0 Å². The molecule has 2 unspecified atom stereocenters. The summed E-state index contributed by atoms with van der Waals surface area (Å²) in [6, 6.07) is 1.30. The van der Waals surface area contributed by atoms with Gasteiger partial charge in [0.15, 0.2) is 0 Å². The molecule has 3 heteroatoms. The van der Waals surface area contributed by atoms with Crippen LogP contribution < -0.4 is 5.32 Å². The Morgan fingerprint density at radius 1 is 1.18 bits per heavy atom. The van der Waals surface area contributed by atoms with Crippen LogP contribution in [0.2, 0.25) is 0 Å². The first-order valence-electron chi connectivity index (χ1n) is 7.01. The second-order valence-corrected chi connectivity index (χ2v) is 6.57. The van der Waals surface area contributed by atoms with Crippen molar-refractivity contribution in [2.24, 2.45) is 5.41 Å². The Bertz CT molecular complexity index is 257. The standard InChI is InChI=1S/C14H28N2O/c1-10-8-16(9-11(2)17-10)12-6-7-14(3,4)13(12)15-5/h10-13,15H,6-9H2,1-5H3/t10-,11+,12?,13?. The average Bonchev–Trinajstić information content (AvgIpc) is 2.51. The highest BCUT2D eigenvalue weighted by atomic mass is 16.5. The Balaban J connectivity index is 2.06. The smallest absolute Gasteiger partial charge is 0.0678 e. The van der Waals surface area contributed by atoms with Gasteiger partial charge < -0.3 is 10.1 Å². The zero-order valence-corrected chi connectivity index (χ0v) is 12.0. The second kappa shape index (κ2) is 4.87. The summed E-state index contributed by atoms with van der Waals surface area (Å²) in [6.07, 6.45) is 3.39. The van der Waals surface area contributed by atoms with Gasteiger partial charge in [-0.15, -0.1) is 0 Å². The minimum atomic E-state index is 0.375. The molecule has 0 amide bonds. The van der Waals surface area contributed by atoms with Crippen molar-refractivity contribution in [2.45, 2.75) is 64.8 Å². The Morgan fingerprint density at radius 2 is 1.76 bits per heavy atom. The highest BCUT2D eigenvalue weighted by Crippen LogP contribution is 2.40. The summed E-state index contributed by atoms with van der Waals surface area (Å²) in [5.74, 6) is 0. The van der Waals surface area contributed by atoms with Crippen LogP contribution in [-0.2, 0) is 4.74 Å². The highest BCUT2D eigenvalue weighted by molar-refractivity contribution is 5.01. The van der Waals surface area contributed by atoms with Gasteiger partial charge in [-0.3, -0.25) is 4.90 Å². The number of nitrogens with one attached hydrogen (secondary N) is 1. The molecule has 1 aliphatic carbocycles. The van der Waals surface area contributed by atoms with Crippen LogP contribution in [0.4, 0.5) is 0 Å². The average molecular weight is 240 g/mol. The Kier molecular flexibility index (Phi) is 3.81. The van der Waals surface area contributed by atoms with Crippen LogP contribution in [-0.4, -0.2) is 49.3 Å². The molecule has 4 atom stereocenters. The fourth-order valence-corrected chi connectivity index (χ4v) is 3.83. The summed E-state index contributed by atoms with van der Waals surface area (Å²) in [4.78, 5) is 2.65. The molecule has 2 aliphatic rings. The first-order chi connectivity index (χ1) is 7.94. The van der Waals surface area contributed by atoms with Crippen LogP contribution in [0.25, 0.3) is 0 Å². The number of nitrogens with zero attached hydrogens (tertiary/aromatic N) is 1. The van der Waals surface area contributed by atoms with Crippen molar-refractivity contribution in [3.8, 4) is 0 Å². The van der Waals surface area contributed by atoms with Gasteiger partial charge in [0.05, 0.1) is 12.2 Å². The van der Waals surface area contributed by atoms with E-state index >= 15 is 0 Å². The molecule has 2 fully saturated rings. The Morgan fingerprint density at radius 3 is 2.29 bits per heavy atom. The van der Waals surface area contributed by atoms with E-state index in [9.17, 15) is 0 Å². The number of hydrogen-bond donors (Lipinski definition) is 1. The summed E-state index contributed by atoms with van der Waals surface area (Å²) in [6.45, 7) is 11.3. The Hall–Kier alpha value is -0.120. The zero-order chi connectivity index (χ0) is 12.6. The molecule has 3 nitrogen and oxygen atoms in total. The van der Waals surface area contributed by atoms with E-state index in [2.05, 4.69) is 45.0 Å². The topological polar surface area (TPSA) is 24.5 Å². The van der Waals surface area contributed by atoms with Crippen LogP contribution in [0.1, 0.15) is 40.5 Å². The Labute approximate surface area is 106 Å². The zero-order valence-electron chi connectivity index (χ0n) is 12.0. The normalized spacial score (nSPS) is 42.9. The van der Waals surface area contributed by atoms with Gasteiger partial charge >= 0.3 is 0 Å². The van der Waals surface area contributed by atoms with Gasteiger partial charge in [-0.05, 0) is 39.2 Å². The maximum absolute atomic E-state index is 5.83. The molecule has 1 heterocycles. The van der Waals surface area contributed by atoms with E-state index in [0.29, 0.717) is 29.7 Å². The van der Waals surface area contributed by atoms with Gasteiger partial charge in [-0.2, -0.15) is 0 Å². The SMILES string of the molecule is CNC1C(N2C[C@@H](C)O[C@@H](C)C2)CCC1(C)C. The molecule has 1 saturated carbocycles. The molecule has 0 aromatic heterocycles. The summed E-state index contributed by atoms with van der Waals surface area (Å²) in [7, 11) is 2.11. The predicted molar refractivity (Wildman–Crippen MR) is 71.2 cm³/mol. The van der Waals surface area contributed by atoms with Crippen LogP contribution in [0.15, 0.2) is 0 Å². The maximum atomic E-state index is 5.83. The molecule has 1 saturated heterocycles. The minimum Gasteiger partial charge on any atom is -0.373 e. The van der Waals surface area contributed by atoms with Crippen molar-refractivity contribution in [2.75, 3.05) is 20.1 Å². The van der Waals surface area contributed by atoms with Gasteiger partial charge in [0.1, 0.15) is 0 Å². The number of morpholine rings is 1. The van der Waals surface area contributed by atoms with E-state index < -0.39 is 0 Å². The molecule has 0 aromatic rings. The lowest BCUT2D eigenvalue weighted by Crippen LogP contribution is -2.56. The summed E-state index contributed by atoms with van der Waals surface area (Å²) in [5, 5.41) is 3.55. The van der Waals surface area contributed by atoms with Gasteiger partial charge in [0.25, 0.3) is 0 Å². The van der Waals surface area contributed by atoms with Crippen LogP contribution in [0.3, 0.4) is 0 Å². The third kappa shape index (κ3) is 2.67. The highest BCUT2D eigenvalue weighted by Gasteiger charge is 2.44. The van der Waals surface area contributed by atoms with E-state index in [1.165, 1.54) is 12.8 Å². The molecule has 0 radical (unpaired) electrons. The quantitative estimate of drug-likeness (QED) is 0.797. The number of likely N-dealkylation sites (N-methyl/N-ethyl adjacent to an activating group) is 1. The van der Waals surface area contributed by atoms with Crippen molar-refractivity contribution in [1.29, 1.82) is 0 Å². The molecule has 100 valence electrons. The lowest BCUT2D eigenvalue weighted by molar-refractivity contribution is -0.0835. The molecule has 0 bridgehead atoms. The molecule has 0 aromatic carbocycles. The minimum absolute atomic E-state index is 0.375. The van der Waals surface area contributed by atoms with Crippen LogP contribution >= 0.6 is 0 Å². The number of hydrogen-bond acceptors (Lipinski definition) is 3. The largest absolute Gasteiger partial charge is 0.373 e. The molecule has 17 heavy (non-hydrogen) atoms. The summed E-state index contributed by atoms with van der Waals surface area (Å²) >= 11 is 0. The molecular formula is C14H28N2O. The van der Waals surface area contributed by atoms with Crippen molar-refractivity contribution >= 4 is 0 Å². The van der Waals surface area contributed by atoms with Gasteiger partial charge in [-0.1, -0.05) is 13.8 Å². The van der Waals surface area contributed by atoms with Crippen LogP contribution in [0, 0.1) is 5.41 Å². The molecule has 1 N–H and O–H groups in total. The van der Waals surface area contributed by atoms with Crippen molar-refractivity contribution in [3.63, 3.8) is 0 Å². The van der Waals surface area contributed by atoms with E-state index in [1.807, 2.05) is 0 Å². The van der Waals surface area contributed by atoms with Gasteiger partial charge in [-0.25, -0.2) is 0 Å². The molecule has 2 rings (SSSR count). The lowest BCUT2D eigenvalue weighted by Gasteiger charge is -2.42. The van der Waals surface area contributed by atoms with E-state index in [1.54, 1.807) is 0 Å². The van der Waals surface area contributed by atoms with Crippen molar-refractivity contribution in [1.82, 2.24) is 10.2 Å². The molecule has 1 aliphatic heterocycles. The third-order valence-electron chi connectivity index (χ3n) is 4.54. The second-order valence-electron chi connectivity index (χ2n) is 6.57. The molecular weight excluding hydrogens is 212 g/mol. The fraction of sp³-hybridized carbons (Fsp3) is 1.00. The van der Waals surface area contributed by atoms with E-state index in [0.717, 1.165) is 13.1 Å². The number of ether oxygens (including phenoxy) is 1. The molecule has 0 spiro atoms. The van der Waals surface area contributed by atoms with Gasteiger partial charge in [0, 0.05) is 25.2 Å². The van der Waals surface area contributed by atoms with Crippen molar-refractivity contribution < 1.29 is 4.74 Å². The lowest BCUT2D eigenvalue weighted by atomic mass is 9.86. The predicted octanol–water partition coefficient (Wildman–Crippen LogP) is 1.87. The first kappa shape index (κ1) is 13.3.